The molecule has 0 aliphatic heterocycles. The second-order valence-electron chi connectivity index (χ2n) is 6.40. The van der Waals surface area contributed by atoms with Gasteiger partial charge < -0.3 is 4.74 Å². The number of aromatic nitrogens is 3. The van der Waals surface area contributed by atoms with Crippen LogP contribution in [0.5, 0.6) is 5.75 Å². The first kappa shape index (κ1) is 16.2. The van der Waals surface area contributed by atoms with Crippen molar-refractivity contribution in [1.29, 1.82) is 0 Å². The van der Waals surface area contributed by atoms with Crippen LogP contribution in [0.4, 0.5) is 0 Å². The Kier molecular flexibility index (Phi) is 4.38. The molecule has 24 heavy (non-hydrogen) atoms. The first-order valence-corrected chi connectivity index (χ1v) is 8.18. The average Bonchev–Trinajstić information content (AvgIpc) is 3.07. The van der Waals surface area contributed by atoms with Gasteiger partial charge in [-0.25, -0.2) is 4.68 Å². The number of methoxy groups -OCH3 is 1. The van der Waals surface area contributed by atoms with Crippen molar-refractivity contribution >= 4 is 0 Å². The second-order valence-corrected chi connectivity index (χ2v) is 6.40. The summed E-state index contributed by atoms with van der Waals surface area (Å²) in [5, 5.41) is 8.39. The SMILES string of the molecule is COc1cc(-n2nncc2-c2ccc(C(C)C)cc2)cc(C)c1C. The largest absolute Gasteiger partial charge is 0.496 e. The highest BCUT2D eigenvalue weighted by molar-refractivity contribution is 5.62. The summed E-state index contributed by atoms with van der Waals surface area (Å²) in [7, 11) is 1.69. The van der Waals surface area contributed by atoms with E-state index in [0.29, 0.717) is 5.92 Å². The van der Waals surface area contributed by atoms with Gasteiger partial charge in [0.05, 0.1) is 24.7 Å². The zero-order valence-corrected chi connectivity index (χ0v) is 14.9. The molecule has 124 valence electrons. The van der Waals surface area contributed by atoms with Gasteiger partial charge >= 0.3 is 0 Å². The van der Waals surface area contributed by atoms with Gasteiger partial charge in [-0.1, -0.05) is 43.3 Å². The lowest BCUT2D eigenvalue weighted by Gasteiger charge is -2.13. The quantitative estimate of drug-likeness (QED) is 0.700. The van der Waals surface area contributed by atoms with Crippen LogP contribution in [0.15, 0.2) is 42.6 Å². The van der Waals surface area contributed by atoms with Gasteiger partial charge in [0.25, 0.3) is 0 Å². The van der Waals surface area contributed by atoms with Crippen LogP contribution in [0.2, 0.25) is 0 Å². The molecule has 4 heteroatoms. The zero-order valence-electron chi connectivity index (χ0n) is 14.9. The Bertz CT molecular complexity index is 848. The van der Waals surface area contributed by atoms with Gasteiger partial charge in [0.2, 0.25) is 0 Å². The molecule has 0 saturated carbocycles. The maximum atomic E-state index is 5.49. The molecule has 0 N–H and O–H groups in total. The molecule has 0 atom stereocenters. The number of nitrogens with zero attached hydrogens (tertiary/aromatic N) is 3. The summed E-state index contributed by atoms with van der Waals surface area (Å²) in [6.45, 7) is 8.53. The highest BCUT2D eigenvalue weighted by Crippen LogP contribution is 2.28. The van der Waals surface area contributed by atoms with Gasteiger partial charge in [-0.15, -0.1) is 5.10 Å². The van der Waals surface area contributed by atoms with Gasteiger partial charge in [0, 0.05) is 11.6 Å². The van der Waals surface area contributed by atoms with Crippen molar-refractivity contribution in [3.8, 4) is 22.7 Å². The maximum Gasteiger partial charge on any atom is 0.124 e. The molecule has 3 rings (SSSR count). The van der Waals surface area contributed by atoms with E-state index in [9.17, 15) is 0 Å². The van der Waals surface area contributed by atoms with Crippen molar-refractivity contribution in [3.05, 3.63) is 59.3 Å². The first-order chi connectivity index (χ1) is 11.5. The molecule has 0 radical (unpaired) electrons. The summed E-state index contributed by atoms with van der Waals surface area (Å²) in [5.41, 5.74) is 6.66. The molecule has 2 aromatic carbocycles. The fourth-order valence-corrected chi connectivity index (χ4v) is 2.80. The van der Waals surface area contributed by atoms with Crippen molar-refractivity contribution in [2.45, 2.75) is 33.6 Å². The van der Waals surface area contributed by atoms with Crippen molar-refractivity contribution in [3.63, 3.8) is 0 Å². The third-order valence-electron chi connectivity index (χ3n) is 4.49. The van der Waals surface area contributed by atoms with Crippen LogP contribution in [0, 0.1) is 13.8 Å². The molecule has 0 saturated heterocycles. The minimum atomic E-state index is 0.520. The van der Waals surface area contributed by atoms with E-state index in [1.165, 1.54) is 11.1 Å². The summed E-state index contributed by atoms with van der Waals surface area (Å²) in [6, 6.07) is 12.7. The summed E-state index contributed by atoms with van der Waals surface area (Å²) in [4.78, 5) is 0. The highest BCUT2D eigenvalue weighted by Gasteiger charge is 2.12. The van der Waals surface area contributed by atoms with Crippen LogP contribution in [0.1, 0.15) is 36.5 Å². The van der Waals surface area contributed by atoms with Crippen molar-refractivity contribution < 1.29 is 4.74 Å². The molecule has 0 aliphatic rings. The normalized spacial score (nSPS) is 11.1. The molecule has 0 aliphatic carbocycles. The third-order valence-corrected chi connectivity index (χ3v) is 4.49. The minimum absolute atomic E-state index is 0.520. The molecule has 4 nitrogen and oxygen atoms in total. The lowest BCUT2D eigenvalue weighted by molar-refractivity contribution is 0.411. The Morgan fingerprint density at radius 1 is 1.04 bits per heavy atom. The Hall–Kier alpha value is -2.62. The lowest BCUT2D eigenvalue weighted by atomic mass is 10.0. The van der Waals surface area contributed by atoms with Gasteiger partial charge in [0.1, 0.15) is 5.75 Å². The fraction of sp³-hybridized carbons (Fsp3) is 0.300. The third kappa shape index (κ3) is 2.92. The van der Waals surface area contributed by atoms with E-state index >= 15 is 0 Å². The van der Waals surface area contributed by atoms with E-state index in [2.05, 4.69) is 68.3 Å². The molecule has 0 unspecified atom stereocenters. The molecule has 3 aromatic rings. The van der Waals surface area contributed by atoms with Gasteiger partial charge in [0.15, 0.2) is 0 Å². The Morgan fingerprint density at radius 3 is 2.38 bits per heavy atom. The van der Waals surface area contributed by atoms with Crippen LogP contribution in [-0.4, -0.2) is 22.1 Å². The first-order valence-electron chi connectivity index (χ1n) is 8.18. The summed E-state index contributed by atoms with van der Waals surface area (Å²) in [6.07, 6.45) is 1.80. The van der Waals surface area contributed by atoms with Gasteiger partial charge in [-0.05, 0) is 42.5 Å². The summed E-state index contributed by atoms with van der Waals surface area (Å²) < 4.78 is 7.35. The van der Waals surface area contributed by atoms with E-state index in [-0.39, 0.29) is 0 Å². The van der Waals surface area contributed by atoms with E-state index in [1.54, 1.807) is 13.3 Å². The number of ether oxygens (including phenoxy) is 1. The van der Waals surface area contributed by atoms with Gasteiger partial charge in [-0.3, -0.25) is 0 Å². The summed E-state index contributed by atoms with van der Waals surface area (Å²) >= 11 is 0. The van der Waals surface area contributed by atoms with Crippen LogP contribution in [0.3, 0.4) is 0 Å². The van der Waals surface area contributed by atoms with Gasteiger partial charge in [-0.2, -0.15) is 0 Å². The fourth-order valence-electron chi connectivity index (χ4n) is 2.80. The van der Waals surface area contributed by atoms with E-state index in [0.717, 1.165) is 28.3 Å². The predicted molar refractivity (Wildman–Crippen MR) is 96.9 cm³/mol. The van der Waals surface area contributed by atoms with Crippen LogP contribution in [-0.2, 0) is 0 Å². The van der Waals surface area contributed by atoms with Crippen molar-refractivity contribution in [1.82, 2.24) is 15.0 Å². The monoisotopic (exact) mass is 321 g/mol. The van der Waals surface area contributed by atoms with E-state index in [4.69, 9.17) is 4.74 Å². The minimum Gasteiger partial charge on any atom is -0.496 e. The molecular formula is C20H23N3O. The summed E-state index contributed by atoms with van der Waals surface area (Å²) in [5.74, 6) is 1.38. The van der Waals surface area contributed by atoms with Crippen molar-refractivity contribution in [2.24, 2.45) is 0 Å². The Labute approximate surface area is 143 Å². The number of hydrogen-bond acceptors (Lipinski definition) is 3. The highest BCUT2D eigenvalue weighted by atomic mass is 16.5. The molecule has 0 bridgehead atoms. The van der Waals surface area contributed by atoms with E-state index < -0.39 is 0 Å². The van der Waals surface area contributed by atoms with Crippen LogP contribution >= 0.6 is 0 Å². The Balaban J connectivity index is 2.06. The Morgan fingerprint density at radius 2 is 1.75 bits per heavy atom. The number of rotatable bonds is 4. The van der Waals surface area contributed by atoms with Crippen molar-refractivity contribution in [2.75, 3.05) is 7.11 Å². The van der Waals surface area contributed by atoms with E-state index in [1.807, 2.05) is 10.7 Å². The number of benzene rings is 2. The second kappa shape index (κ2) is 6.48. The standard InChI is InChI=1S/C20H23N3O/c1-13(2)16-6-8-17(9-7-16)19-12-21-22-23(19)18-10-14(3)15(4)20(11-18)24-5/h6-13H,1-5H3. The smallest absolute Gasteiger partial charge is 0.124 e. The molecule has 0 fully saturated rings. The maximum absolute atomic E-state index is 5.49. The number of hydrogen-bond donors (Lipinski definition) is 0. The predicted octanol–water partition coefficient (Wildman–Crippen LogP) is 4.68. The molecular weight excluding hydrogens is 298 g/mol. The molecule has 0 amide bonds. The molecule has 1 heterocycles. The van der Waals surface area contributed by atoms with Crippen LogP contribution in [0.25, 0.3) is 16.9 Å². The lowest BCUT2D eigenvalue weighted by Crippen LogP contribution is -2.02. The van der Waals surface area contributed by atoms with Crippen LogP contribution < -0.4 is 4.74 Å². The molecule has 1 aromatic heterocycles. The average molecular weight is 321 g/mol. The number of aryl methyl sites for hydroxylation is 1. The zero-order chi connectivity index (χ0) is 17.3. The molecule has 0 spiro atoms. The topological polar surface area (TPSA) is 39.9 Å².